The Hall–Kier alpha value is -2.96. The van der Waals surface area contributed by atoms with Gasteiger partial charge in [0.05, 0.1) is 10.6 Å². The zero-order chi connectivity index (χ0) is 15.0. The summed E-state index contributed by atoms with van der Waals surface area (Å²) in [7, 11) is 0. The van der Waals surface area contributed by atoms with Crippen LogP contribution in [0.25, 0.3) is 0 Å². The molecule has 1 amide bonds. The lowest BCUT2D eigenvalue weighted by Crippen LogP contribution is -2.28. The first-order valence-corrected chi connectivity index (χ1v) is 6.30. The summed E-state index contributed by atoms with van der Waals surface area (Å²) < 4.78 is 0. The molecule has 0 atom stereocenters. The summed E-state index contributed by atoms with van der Waals surface area (Å²) in [4.78, 5) is 28.2. The molecule has 1 aliphatic heterocycles. The summed E-state index contributed by atoms with van der Waals surface area (Å²) in [6, 6.07) is 5.38. The number of fused-ring (bicyclic) bond motifs is 1. The highest BCUT2D eigenvalue weighted by Gasteiger charge is 2.27. The fourth-order valence-electron chi connectivity index (χ4n) is 2.40. The van der Waals surface area contributed by atoms with Gasteiger partial charge in [0.1, 0.15) is 0 Å². The number of pyridine rings is 1. The number of nitro groups is 1. The van der Waals surface area contributed by atoms with Crippen molar-refractivity contribution in [2.75, 3.05) is 11.4 Å². The molecule has 1 aromatic heterocycles. The van der Waals surface area contributed by atoms with E-state index in [-0.39, 0.29) is 11.5 Å². The van der Waals surface area contributed by atoms with Crippen molar-refractivity contribution in [2.24, 2.45) is 0 Å². The van der Waals surface area contributed by atoms with Gasteiger partial charge >= 0.3 is 5.69 Å². The topological polar surface area (TPSA) is 96.6 Å². The molecule has 2 aromatic rings. The highest BCUT2D eigenvalue weighted by molar-refractivity contribution is 6.07. The van der Waals surface area contributed by atoms with Crippen LogP contribution >= 0.6 is 0 Å². The van der Waals surface area contributed by atoms with E-state index >= 15 is 0 Å². The first-order chi connectivity index (χ1) is 10.1. The van der Waals surface area contributed by atoms with Crippen LogP contribution in [0.3, 0.4) is 0 Å². The number of hydrogen-bond donors (Lipinski definition) is 1. The monoisotopic (exact) mass is 285 g/mol. The number of phenols is 1. The fraction of sp³-hybridized carbons (Fsp3) is 0.143. The zero-order valence-electron chi connectivity index (χ0n) is 10.9. The maximum atomic E-state index is 12.5. The van der Waals surface area contributed by atoms with Gasteiger partial charge in [-0.1, -0.05) is 0 Å². The molecule has 7 heteroatoms. The minimum Gasteiger partial charge on any atom is -0.502 e. The Morgan fingerprint density at radius 1 is 1.38 bits per heavy atom. The summed E-state index contributed by atoms with van der Waals surface area (Å²) in [6.45, 7) is 0.508. The summed E-state index contributed by atoms with van der Waals surface area (Å²) in [5, 5.41) is 20.3. The van der Waals surface area contributed by atoms with Crippen LogP contribution in [-0.4, -0.2) is 27.5 Å². The summed E-state index contributed by atoms with van der Waals surface area (Å²) in [5.74, 6) is -0.786. The SMILES string of the molecule is O=C(c1ccc(O)c([N+](=O)[O-])c1)N1CCc2cnccc21. The van der Waals surface area contributed by atoms with Crippen LogP contribution in [0.15, 0.2) is 36.7 Å². The Morgan fingerprint density at radius 2 is 2.19 bits per heavy atom. The van der Waals surface area contributed by atoms with Crippen molar-refractivity contribution in [2.45, 2.75) is 6.42 Å². The van der Waals surface area contributed by atoms with Crippen molar-refractivity contribution in [3.05, 3.63) is 57.9 Å². The number of phenolic OH excluding ortho intramolecular Hbond substituents is 1. The number of hydrogen-bond acceptors (Lipinski definition) is 5. The van der Waals surface area contributed by atoms with Crippen molar-refractivity contribution in [3.63, 3.8) is 0 Å². The molecule has 21 heavy (non-hydrogen) atoms. The maximum absolute atomic E-state index is 12.5. The van der Waals surface area contributed by atoms with Crippen molar-refractivity contribution in [3.8, 4) is 5.75 Å². The Morgan fingerprint density at radius 3 is 2.95 bits per heavy atom. The van der Waals surface area contributed by atoms with Crippen LogP contribution in [-0.2, 0) is 6.42 Å². The Bertz CT molecular complexity index is 745. The van der Waals surface area contributed by atoms with Gasteiger partial charge in [0, 0.05) is 30.6 Å². The molecule has 7 nitrogen and oxygen atoms in total. The van der Waals surface area contributed by atoms with Gasteiger partial charge in [-0.3, -0.25) is 19.9 Å². The van der Waals surface area contributed by atoms with Gasteiger partial charge in [-0.2, -0.15) is 0 Å². The standard InChI is InChI=1S/C14H11N3O4/c18-13-2-1-9(7-12(13)17(20)21)14(19)16-6-4-10-8-15-5-3-11(10)16/h1-3,5,7-8,18H,4,6H2. The number of carbonyl (C=O) groups is 1. The summed E-state index contributed by atoms with van der Waals surface area (Å²) in [5.41, 5.74) is 1.43. The Kier molecular flexibility index (Phi) is 3.02. The third kappa shape index (κ3) is 2.18. The zero-order valence-corrected chi connectivity index (χ0v) is 10.9. The van der Waals surface area contributed by atoms with Gasteiger partial charge in [0.25, 0.3) is 5.91 Å². The van der Waals surface area contributed by atoms with E-state index in [2.05, 4.69) is 4.98 Å². The molecule has 1 N–H and O–H groups in total. The van der Waals surface area contributed by atoms with Gasteiger partial charge in [0.2, 0.25) is 0 Å². The number of nitro benzene ring substituents is 1. The quantitative estimate of drug-likeness (QED) is 0.671. The Balaban J connectivity index is 1.97. The largest absolute Gasteiger partial charge is 0.502 e. The van der Waals surface area contributed by atoms with Gasteiger partial charge in [-0.25, -0.2) is 0 Å². The van der Waals surface area contributed by atoms with Gasteiger partial charge in [-0.15, -0.1) is 0 Å². The second-order valence-corrected chi connectivity index (χ2v) is 4.67. The molecule has 106 valence electrons. The second-order valence-electron chi connectivity index (χ2n) is 4.67. The van der Waals surface area contributed by atoms with Crippen LogP contribution in [0.2, 0.25) is 0 Å². The average molecular weight is 285 g/mol. The van der Waals surface area contributed by atoms with Crippen molar-refractivity contribution >= 4 is 17.3 Å². The van der Waals surface area contributed by atoms with E-state index in [0.29, 0.717) is 13.0 Å². The van der Waals surface area contributed by atoms with E-state index in [1.54, 1.807) is 23.4 Å². The van der Waals surface area contributed by atoms with E-state index in [1.165, 1.54) is 6.07 Å². The van der Waals surface area contributed by atoms with Crippen molar-refractivity contribution in [1.29, 1.82) is 0 Å². The summed E-state index contributed by atoms with van der Waals surface area (Å²) in [6.07, 6.45) is 4.01. The number of aromatic nitrogens is 1. The predicted octanol–water partition coefficient (Wildman–Crippen LogP) is 1.90. The molecule has 0 radical (unpaired) electrons. The van der Waals surface area contributed by atoms with E-state index < -0.39 is 16.4 Å². The molecule has 0 aliphatic carbocycles. The molecule has 1 aliphatic rings. The molecule has 0 bridgehead atoms. The number of carbonyl (C=O) groups excluding carboxylic acids is 1. The van der Waals surface area contributed by atoms with Crippen molar-refractivity contribution < 1.29 is 14.8 Å². The molecule has 0 saturated heterocycles. The number of aromatic hydroxyl groups is 1. The first-order valence-electron chi connectivity index (χ1n) is 6.30. The number of benzene rings is 1. The van der Waals surface area contributed by atoms with Gasteiger partial charge in [0.15, 0.2) is 5.75 Å². The minimum absolute atomic E-state index is 0.171. The van der Waals surface area contributed by atoms with Crippen LogP contribution in [0.4, 0.5) is 11.4 Å². The number of rotatable bonds is 2. The van der Waals surface area contributed by atoms with Crippen LogP contribution in [0.5, 0.6) is 5.75 Å². The predicted molar refractivity (Wildman–Crippen MR) is 74.4 cm³/mol. The smallest absolute Gasteiger partial charge is 0.311 e. The lowest BCUT2D eigenvalue weighted by molar-refractivity contribution is -0.385. The van der Waals surface area contributed by atoms with Crippen LogP contribution < -0.4 is 4.90 Å². The highest BCUT2D eigenvalue weighted by atomic mass is 16.6. The van der Waals surface area contributed by atoms with E-state index in [0.717, 1.165) is 23.4 Å². The minimum atomic E-state index is -0.714. The average Bonchev–Trinajstić information content (AvgIpc) is 2.90. The van der Waals surface area contributed by atoms with E-state index in [9.17, 15) is 20.0 Å². The molecule has 0 fully saturated rings. The highest BCUT2D eigenvalue weighted by Crippen LogP contribution is 2.31. The maximum Gasteiger partial charge on any atom is 0.311 e. The molecular formula is C14H11N3O4. The lowest BCUT2D eigenvalue weighted by Gasteiger charge is -2.17. The third-order valence-corrected chi connectivity index (χ3v) is 3.44. The number of amides is 1. The number of nitrogens with zero attached hydrogens (tertiary/aromatic N) is 3. The third-order valence-electron chi connectivity index (χ3n) is 3.44. The molecule has 3 rings (SSSR count). The Labute approximate surface area is 119 Å². The van der Waals surface area contributed by atoms with Gasteiger partial charge in [-0.05, 0) is 30.2 Å². The molecule has 0 unspecified atom stereocenters. The van der Waals surface area contributed by atoms with E-state index in [1.807, 2.05) is 0 Å². The fourth-order valence-corrected chi connectivity index (χ4v) is 2.40. The second kappa shape index (κ2) is 4.86. The molecule has 1 aromatic carbocycles. The first kappa shape index (κ1) is 13.0. The molecular weight excluding hydrogens is 274 g/mol. The van der Waals surface area contributed by atoms with E-state index in [4.69, 9.17) is 0 Å². The lowest BCUT2D eigenvalue weighted by atomic mass is 10.1. The number of anilines is 1. The molecule has 0 saturated carbocycles. The normalized spacial score (nSPS) is 13.0. The molecule has 0 spiro atoms. The molecule has 2 heterocycles. The van der Waals surface area contributed by atoms with Crippen LogP contribution in [0.1, 0.15) is 15.9 Å². The van der Waals surface area contributed by atoms with Crippen LogP contribution in [0, 0.1) is 10.1 Å². The summed E-state index contributed by atoms with van der Waals surface area (Å²) >= 11 is 0. The van der Waals surface area contributed by atoms with Gasteiger partial charge < -0.3 is 10.0 Å². The van der Waals surface area contributed by atoms with Crippen molar-refractivity contribution in [1.82, 2.24) is 4.98 Å².